The lowest BCUT2D eigenvalue weighted by Crippen LogP contribution is -2.31. The van der Waals surface area contributed by atoms with Gasteiger partial charge >= 0.3 is 0 Å². The minimum atomic E-state index is 0.0607. The van der Waals surface area contributed by atoms with Crippen molar-refractivity contribution in [3.05, 3.63) is 44.8 Å². The fraction of sp³-hybridized carbons (Fsp3) is 0.350. The number of fused-ring (bicyclic) bond motifs is 1. The smallest absolute Gasteiger partial charge is 0.227 e. The summed E-state index contributed by atoms with van der Waals surface area (Å²) in [6, 6.07) is 7.33. The number of carbonyl (C=O) groups is 1. The molecule has 2 heterocycles. The first-order valence-corrected chi connectivity index (χ1v) is 10.1. The number of nitrogens with zero attached hydrogens (tertiary/aromatic N) is 4. The Morgan fingerprint density at radius 2 is 1.93 bits per heavy atom. The number of aromatic hydroxyl groups is 1. The Morgan fingerprint density at radius 1 is 1.22 bits per heavy atom. The number of halogens is 1. The van der Waals surface area contributed by atoms with Gasteiger partial charge in [0, 0.05) is 35.6 Å². The first-order chi connectivity index (χ1) is 12.8. The number of likely N-dealkylation sites (N-methyl/N-ethyl adjacent to an activating group) is 1. The van der Waals surface area contributed by atoms with E-state index in [4.69, 9.17) is 5.10 Å². The molecule has 3 rings (SSSR count). The third kappa shape index (κ3) is 3.78. The average molecular weight is 476 g/mol. The van der Waals surface area contributed by atoms with Gasteiger partial charge in [-0.1, -0.05) is 0 Å². The Balaban J connectivity index is 2.21. The van der Waals surface area contributed by atoms with Crippen LogP contribution in [-0.2, 0) is 11.2 Å². The van der Waals surface area contributed by atoms with E-state index in [-0.39, 0.29) is 18.1 Å². The van der Waals surface area contributed by atoms with Crippen molar-refractivity contribution in [2.45, 2.75) is 34.1 Å². The molecule has 1 amide bonds. The maximum atomic E-state index is 12.8. The number of hydrogen-bond acceptors (Lipinski definition) is 4. The Bertz CT molecular complexity index is 1010. The molecule has 0 saturated heterocycles. The molecule has 3 aromatic rings. The Labute approximate surface area is 172 Å². The largest absolute Gasteiger partial charge is 0.507 e. The molecule has 1 N–H and O–H groups in total. The van der Waals surface area contributed by atoms with Gasteiger partial charge in [0.1, 0.15) is 5.75 Å². The number of carbonyl (C=O) groups excluding carboxylic acids is 1. The molecule has 0 aliphatic heterocycles. The van der Waals surface area contributed by atoms with E-state index in [1.807, 2.05) is 50.8 Å². The SMILES string of the molecule is CCN(CC)C(=O)Cc1c(-c2ccc(O)c([125I])c2)nn2c(C)cc(C)nc12. The van der Waals surface area contributed by atoms with Crippen LogP contribution in [0.1, 0.15) is 30.8 Å². The molecule has 0 saturated carbocycles. The normalized spacial score (nSPS) is 11.1. The Morgan fingerprint density at radius 3 is 2.56 bits per heavy atom. The number of phenols is 1. The first-order valence-electron chi connectivity index (χ1n) is 8.98. The van der Waals surface area contributed by atoms with Crippen LogP contribution in [-0.4, -0.2) is 43.6 Å². The number of aromatic nitrogens is 3. The summed E-state index contributed by atoms with van der Waals surface area (Å²) < 4.78 is 2.54. The summed E-state index contributed by atoms with van der Waals surface area (Å²) in [4.78, 5) is 19.3. The molecule has 0 fully saturated rings. The summed E-state index contributed by atoms with van der Waals surface area (Å²) in [5.74, 6) is 0.291. The van der Waals surface area contributed by atoms with E-state index in [2.05, 4.69) is 27.6 Å². The standard InChI is InChI=1S/C20H23IN4O2/c1-5-24(6-2)18(27)11-15-19(14-7-8-17(26)16(21)10-14)23-25-13(4)9-12(3)22-20(15)25/h7-10,26H,5-6,11H2,1-4H3/i21-2. The van der Waals surface area contributed by atoms with Crippen molar-refractivity contribution in [1.29, 1.82) is 0 Å². The van der Waals surface area contributed by atoms with E-state index >= 15 is 0 Å². The molecule has 0 atom stereocenters. The lowest BCUT2D eigenvalue weighted by atomic mass is 10.0. The van der Waals surface area contributed by atoms with Gasteiger partial charge in [0.25, 0.3) is 0 Å². The number of aryl methyl sites for hydroxylation is 2. The van der Waals surface area contributed by atoms with Crippen LogP contribution in [0, 0.1) is 17.4 Å². The van der Waals surface area contributed by atoms with Crippen LogP contribution in [0.2, 0.25) is 0 Å². The van der Waals surface area contributed by atoms with Crippen molar-refractivity contribution in [3.63, 3.8) is 0 Å². The number of phenolic OH excluding ortho intramolecular Hbond substituents is 1. The zero-order chi connectivity index (χ0) is 19.7. The average Bonchev–Trinajstić information content (AvgIpc) is 2.97. The zero-order valence-corrected chi connectivity index (χ0v) is 18.1. The first kappa shape index (κ1) is 19.6. The van der Waals surface area contributed by atoms with E-state index in [9.17, 15) is 9.90 Å². The van der Waals surface area contributed by atoms with Gasteiger partial charge in [-0.25, -0.2) is 9.50 Å². The molecule has 0 spiro atoms. The Kier molecular flexibility index (Phi) is 5.69. The van der Waals surface area contributed by atoms with Crippen molar-refractivity contribution in [3.8, 4) is 17.0 Å². The topological polar surface area (TPSA) is 70.7 Å². The van der Waals surface area contributed by atoms with Gasteiger partial charge in [-0.3, -0.25) is 4.79 Å². The van der Waals surface area contributed by atoms with Crippen molar-refractivity contribution < 1.29 is 9.90 Å². The molecule has 27 heavy (non-hydrogen) atoms. The van der Waals surface area contributed by atoms with Gasteiger partial charge < -0.3 is 10.0 Å². The molecule has 142 valence electrons. The van der Waals surface area contributed by atoms with Crippen LogP contribution in [0.4, 0.5) is 0 Å². The molecule has 0 aliphatic carbocycles. The van der Waals surface area contributed by atoms with E-state index in [1.165, 1.54) is 0 Å². The summed E-state index contributed by atoms with van der Waals surface area (Å²) in [5, 5.41) is 14.6. The second-order valence-electron chi connectivity index (χ2n) is 6.51. The third-order valence-corrected chi connectivity index (χ3v) is 5.52. The van der Waals surface area contributed by atoms with Gasteiger partial charge in [0.15, 0.2) is 5.65 Å². The minimum absolute atomic E-state index is 0.0607. The number of hydrogen-bond donors (Lipinski definition) is 1. The van der Waals surface area contributed by atoms with Gasteiger partial charge in [-0.15, -0.1) is 0 Å². The van der Waals surface area contributed by atoms with E-state index < -0.39 is 0 Å². The summed E-state index contributed by atoms with van der Waals surface area (Å²) >= 11 is 2.09. The van der Waals surface area contributed by atoms with Crippen LogP contribution in [0.15, 0.2) is 24.3 Å². The van der Waals surface area contributed by atoms with E-state index in [0.717, 1.165) is 31.8 Å². The molecule has 2 aromatic heterocycles. The summed E-state index contributed by atoms with van der Waals surface area (Å²) in [6.07, 6.45) is 0.244. The highest BCUT2D eigenvalue weighted by molar-refractivity contribution is 14.1. The number of benzene rings is 1. The molecule has 0 bridgehead atoms. The van der Waals surface area contributed by atoms with Gasteiger partial charge in [-0.2, -0.15) is 5.10 Å². The predicted molar refractivity (Wildman–Crippen MR) is 114 cm³/mol. The molecular weight excluding hydrogens is 453 g/mol. The van der Waals surface area contributed by atoms with Crippen molar-refractivity contribution in [2.75, 3.05) is 13.1 Å². The van der Waals surface area contributed by atoms with E-state index in [1.54, 1.807) is 10.6 Å². The quantitative estimate of drug-likeness (QED) is 0.570. The van der Waals surface area contributed by atoms with Crippen LogP contribution < -0.4 is 0 Å². The van der Waals surface area contributed by atoms with Gasteiger partial charge in [0.2, 0.25) is 5.91 Å². The number of rotatable bonds is 5. The fourth-order valence-corrected chi connectivity index (χ4v) is 3.77. The maximum Gasteiger partial charge on any atom is 0.227 e. The van der Waals surface area contributed by atoms with Crippen LogP contribution in [0.25, 0.3) is 16.9 Å². The second kappa shape index (κ2) is 7.84. The highest BCUT2D eigenvalue weighted by Crippen LogP contribution is 2.31. The van der Waals surface area contributed by atoms with Crippen molar-refractivity contribution >= 4 is 34.1 Å². The van der Waals surface area contributed by atoms with Crippen LogP contribution in [0.5, 0.6) is 5.75 Å². The molecule has 1 aromatic carbocycles. The van der Waals surface area contributed by atoms with Gasteiger partial charge in [0.05, 0.1) is 15.7 Å². The van der Waals surface area contributed by atoms with Crippen LogP contribution in [0.3, 0.4) is 0 Å². The number of amides is 1. The molecular formula is C20H23IN4O2. The molecule has 6 nitrogen and oxygen atoms in total. The Hall–Kier alpha value is -2.16. The second-order valence-corrected chi connectivity index (χ2v) is 7.67. The monoisotopic (exact) mass is 476 g/mol. The van der Waals surface area contributed by atoms with Crippen LogP contribution >= 0.6 is 22.6 Å². The molecule has 0 unspecified atom stereocenters. The third-order valence-electron chi connectivity index (χ3n) is 4.66. The lowest BCUT2D eigenvalue weighted by molar-refractivity contribution is -0.130. The predicted octanol–water partition coefficient (Wildman–Crippen LogP) is 3.73. The summed E-state index contributed by atoms with van der Waals surface area (Å²) in [6.45, 7) is 9.23. The molecule has 0 radical (unpaired) electrons. The fourth-order valence-electron chi connectivity index (χ4n) is 3.25. The van der Waals surface area contributed by atoms with Crippen molar-refractivity contribution in [2.24, 2.45) is 0 Å². The highest BCUT2D eigenvalue weighted by Gasteiger charge is 2.22. The molecule has 0 aliphatic rings. The van der Waals surface area contributed by atoms with E-state index in [0.29, 0.717) is 18.7 Å². The minimum Gasteiger partial charge on any atom is -0.507 e. The maximum absolute atomic E-state index is 12.8. The summed E-state index contributed by atoms with van der Waals surface area (Å²) in [5.41, 5.74) is 4.99. The summed E-state index contributed by atoms with van der Waals surface area (Å²) in [7, 11) is 0. The molecule has 7 heteroatoms. The van der Waals surface area contributed by atoms with Crippen molar-refractivity contribution in [1.82, 2.24) is 19.5 Å². The highest BCUT2D eigenvalue weighted by atomic mass is 125. The zero-order valence-electron chi connectivity index (χ0n) is 16.0. The lowest BCUT2D eigenvalue weighted by Gasteiger charge is -2.18. The van der Waals surface area contributed by atoms with Gasteiger partial charge in [-0.05, 0) is 74.6 Å².